The van der Waals surface area contributed by atoms with Crippen LogP contribution in [-0.2, 0) is 27.9 Å². The number of allylic oxidation sites excluding steroid dienone is 9. The Balaban J connectivity index is 5.32. The molecule has 10 heteroatoms. The van der Waals surface area contributed by atoms with Crippen molar-refractivity contribution < 1.29 is 37.3 Å². The highest BCUT2D eigenvalue weighted by Crippen LogP contribution is 2.43. The average molecular weight is 1030 g/mol. The molecule has 0 heterocycles. The van der Waals surface area contributed by atoms with Crippen LogP contribution in [0.1, 0.15) is 271 Å². The number of likely N-dealkylation sites (N-methyl/N-ethyl adjacent to an activating group) is 1. The monoisotopic (exact) mass is 1030 g/mol. The van der Waals surface area contributed by atoms with Crippen molar-refractivity contribution in [2.45, 2.75) is 283 Å². The van der Waals surface area contributed by atoms with Crippen LogP contribution in [0.4, 0.5) is 0 Å². The number of phosphoric acid groups is 1. The van der Waals surface area contributed by atoms with Crippen LogP contribution in [-0.4, -0.2) is 74.3 Å². The fraction of sp³-hybridized carbons (Fsp3) is 0.806. The van der Waals surface area contributed by atoms with Gasteiger partial charge in [0.05, 0.1) is 33.8 Å². The van der Waals surface area contributed by atoms with Crippen molar-refractivity contribution in [3.8, 4) is 0 Å². The topological polar surface area (TPSA) is 111 Å². The first-order valence-corrected chi connectivity index (χ1v) is 31.6. The fourth-order valence-electron chi connectivity index (χ4n) is 8.47. The van der Waals surface area contributed by atoms with Crippen molar-refractivity contribution >= 4 is 19.7 Å². The molecule has 1 amide bonds. The minimum atomic E-state index is -4.45. The van der Waals surface area contributed by atoms with E-state index >= 15 is 0 Å². The zero-order chi connectivity index (χ0) is 52.9. The van der Waals surface area contributed by atoms with E-state index in [2.05, 4.69) is 74.7 Å². The molecule has 0 bridgehead atoms. The van der Waals surface area contributed by atoms with E-state index in [0.29, 0.717) is 17.4 Å². The summed E-state index contributed by atoms with van der Waals surface area (Å²) in [7, 11) is 1.48. The van der Waals surface area contributed by atoms with Gasteiger partial charge in [0.15, 0.2) is 0 Å². The largest absolute Gasteiger partial charge is 0.472 e. The summed E-state index contributed by atoms with van der Waals surface area (Å²) >= 11 is 0. The third-order valence-electron chi connectivity index (χ3n) is 13.2. The number of ether oxygens (including phenoxy) is 1. The third-order valence-corrected chi connectivity index (χ3v) is 14.2. The standard InChI is InChI=1S/C62H115N2O7P/c1-7-10-13-16-19-22-25-28-30-31-32-33-35-36-39-42-45-48-51-54-61(65)63-59(58-70-72(67,68)69-57-56-64(4,5)6)60(53-50-47-44-41-38-27-24-21-18-15-12-9-3)71-62(66)55-52-49-46-43-40-37-34-29-26-23-20-17-14-11-8-2/h19,22-23,26,28,30,32-33,50,53,59-60H,7-18,20-21,24-25,27,29,31,34-49,51-52,54-58H2,1-6H3,(H-,63,65,67,68)/p+1/b22-19-,26-23-,30-28-,33-32-,53-50-. The Hall–Kier alpha value is -2.29. The molecule has 0 spiro atoms. The van der Waals surface area contributed by atoms with Gasteiger partial charge in [0.2, 0.25) is 5.91 Å². The minimum Gasteiger partial charge on any atom is -0.456 e. The summed E-state index contributed by atoms with van der Waals surface area (Å²) in [6.07, 6.45) is 64.9. The lowest BCUT2D eigenvalue weighted by atomic mass is 10.0. The van der Waals surface area contributed by atoms with Crippen molar-refractivity contribution in [2.75, 3.05) is 40.9 Å². The van der Waals surface area contributed by atoms with Crippen molar-refractivity contribution in [3.63, 3.8) is 0 Å². The minimum absolute atomic E-state index is 0.0357. The number of carbonyl (C=O) groups is 2. The van der Waals surface area contributed by atoms with E-state index < -0.39 is 20.0 Å². The van der Waals surface area contributed by atoms with E-state index in [0.717, 1.165) is 96.3 Å². The van der Waals surface area contributed by atoms with Gasteiger partial charge in [-0.25, -0.2) is 4.57 Å². The van der Waals surface area contributed by atoms with Gasteiger partial charge in [-0.05, 0) is 96.0 Å². The molecule has 0 saturated carbocycles. The summed E-state index contributed by atoms with van der Waals surface area (Å²) in [4.78, 5) is 37.6. The molecule has 0 aromatic heterocycles. The number of rotatable bonds is 54. The third kappa shape index (κ3) is 52.6. The number of quaternary nitrogens is 1. The summed E-state index contributed by atoms with van der Waals surface area (Å²) in [6.45, 7) is 6.96. The lowest BCUT2D eigenvalue weighted by molar-refractivity contribution is -0.870. The predicted octanol–water partition coefficient (Wildman–Crippen LogP) is 18.3. The molecule has 72 heavy (non-hydrogen) atoms. The number of nitrogens with zero attached hydrogens (tertiary/aromatic N) is 1. The number of phosphoric ester groups is 1. The van der Waals surface area contributed by atoms with Crippen LogP contribution in [0, 0.1) is 0 Å². The predicted molar refractivity (Wildman–Crippen MR) is 309 cm³/mol. The molecule has 0 aromatic carbocycles. The molecule has 0 aromatic rings. The molecular formula is C62H116N2O7P+. The number of carbonyl (C=O) groups excluding carboxylic acids is 2. The summed E-state index contributed by atoms with van der Waals surface area (Å²) in [5.41, 5.74) is 0. The van der Waals surface area contributed by atoms with Gasteiger partial charge >= 0.3 is 13.8 Å². The van der Waals surface area contributed by atoms with Gasteiger partial charge in [-0.3, -0.25) is 18.6 Å². The van der Waals surface area contributed by atoms with E-state index in [9.17, 15) is 19.0 Å². The highest BCUT2D eigenvalue weighted by Gasteiger charge is 2.30. The van der Waals surface area contributed by atoms with Gasteiger partial charge in [-0.2, -0.15) is 0 Å². The lowest BCUT2D eigenvalue weighted by Crippen LogP contribution is -2.47. The quantitative estimate of drug-likeness (QED) is 0.0205. The first kappa shape index (κ1) is 69.7. The Bertz CT molecular complexity index is 1420. The van der Waals surface area contributed by atoms with Gasteiger partial charge in [0.1, 0.15) is 19.3 Å². The Labute approximate surface area is 445 Å². The van der Waals surface area contributed by atoms with Crippen molar-refractivity contribution in [1.82, 2.24) is 5.32 Å². The summed E-state index contributed by atoms with van der Waals surface area (Å²) < 4.78 is 30.6. The second-order valence-electron chi connectivity index (χ2n) is 21.5. The molecule has 0 fully saturated rings. The molecule has 3 atom stereocenters. The number of unbranched alkanes of at least 4 members (excludes halogenated alkanes) is 30. The van der Waals surface area contributed by atoms with Crippen molar-refractivity contribution in [3.05, 3.63) is 60.8 Å². The van der Waals surface area contributed by atoms with E-state index in [1.807, 2.05) is 33.3 Å². The molecule has 0 aliphatic carbocycles. The van der Waals surface area contributed by atoms with Crippen LogP contribution >= 0.6 is 7.82 Å². The Morgan fingerprint density at radius 1 is 0.486 bits per heavy atom. The number of hydrogen-bond donors (Lipinski definition) is 2. The van der Waals surface area contributed by atoms with Crippen LogP contribution in [0.5, 0.6) is 0 Å². The number of hydrogen-bond acceptors (Lipinski definition) is 6. The van der Waals surface area contributed by atoms with Gasteiger partial charge in [-0.1, -0.05) is 223 Å². The summed E-state index contributed by atoms with van der Waals surface area (Å²) in [5, 5.41) is 3.05. The van der Waals surface area contributed by atoms with E-state index in [1.165, 1.54) is 141 Å². The average Bonchev–Trinajstić information content (AvgIpc) is 3.34. The molecular weight excluding hydrogens is 916 g/mol. The molecule has 420 valence electrons. The highest BCUT2D eigenvalue weighted by atomic mass is 31.2. The van der Waals surface area contributed by atoms with Crippen LogP contribution in [0.25, 0.3) is 0 Å². The Morgan fingerprint density at radius 3 is 1.32 bits per heavy atom. The molecule has 0 rings (SSSR count). The normalized spacial score (nSPS) is 14.2. The molecule has 0 radical (unpaired) electrons. The molecule has 3 unspecified atom stereocenters. The van der Waals surface area contributed by atoms with Crippen molar-refractivity contribution in [2.24, 2.45) is 0 Å². The van der Waals surface area contributed by atoms with Crippen LogP contribution in [0.2, 0.25) is 0 Å². The van der Waals surface area contributed by atoms with Gasteiger partial charge < -0.3 is 19.4 Å². The Kier molecular flexibility index (Phi) is 50.5. The van der Waals surface area contributed by atoms with E-state index in [1.54, 1.807) is 0 Å². The maximum atomic E-state index is 13.5. The zero-order valence-corrected chi connectivity index (χ0v) is 48.8. The fourth-order valence-corrected chi connectivity index (χ4v) is 9.21. The highest BCUT2D eigenvalue weighted by molar-refractivity contribution is 7.47. The maximum absolute atomic E-state index is 13.5. The van der Waals surface area contributed by atoms with Crippen LogP contribution in [0.3, 0.4) is 0 Å². The lowest BCUT2D eigenvalue weighted by Gasteiger charge is -2.27. The molecule has 0 aliphatic heterocycles. The van der Waals surface area contributed by atoms with Crippen molar-refractivity contribution in [1.29, 1.82) is 0 Å². The maximum Gasteiger partial charge on any atom is 0.472 e. The SMILES string of the molecule is CCCCC/C=C\C/C=C\C/C=C\CCCCCCCCC(=O)NC(COP(=O)(O)OCC[N+](C)(C)C)C(/C=C\CCCCCCCCCCCC)OC(=O)CCCCCCCCC/C=C\CCCCCC. The van der Waals surface area contributed by atoms with Gasteiger partial charge in [-0.15, -0.1) is 0 Å². The van der Waals surface area contributed by atoms with E-state index in [-0.39, 0.29) is 31.5 Å². The molecule has 0 saturated heterocycles. The number of esters is 1. The number of nitrogens with one attached hydrogen (secondary N) is 1. The molecule has 0 aliphatic rings. The number of amides is 1. The van der Waals surface area contributed by atoms with E-state index in [4.69, 9.17) is 13.8 Å². The Morgan fingerprint density at radius 2 is 0.847 bits per heavy atom. The van der Waals surface area contributed by atoms with Gasteiger partial charge in [0, 0.05) is 12.8 Å². The van der Waals surface area contributed by atoms with Crippen LogP contribution < -0.4 is 5.32 Å². The molecule has 9 nitrogen and oxygen atoms in total. The second kappa shape index (κ2) is 52.2. The second-order valence-corrected chi connectivity index (χ2v) is 23.0. The zero-order valence-electron chi connectivity index (χ0n) is 47.9. The smallest absolute Gasteiger partial charge is 0.456 e. The van der Waals surface area contributed by atoms with Gasteiger partial charge in [0.25, 0.3) is 0 Å². The molecule has 2 N–H and O–H groups in total. The first-order valence-electron chi connectivity index (χ1n) is 30.1. The summed E-state index contributed by atoms with van der Waals surface area (Å²) in [6, 6.07) is -0.857. The first-order chi connectivity index (χ1) is 34.9. The van der Waals surface area contributed by atoms with Crippen LogP contribution in [0.15, 0.2) is 60.8 Å². The summed E-state index contributed by atoms with van der Waals surface area (Å²) in [5.74, 6) is -0.522.